The van der Waals surface area contributed by atoms with E-state index in [9.17, 15) is 9.90 Å². The van der Waals surface area contributed by atoms with Gasteiger partial charge in [-0.05, 0) is 6.92 Å². The van der Waals surface area contributed by atoms with Crippen molar-refractivity contribution < 1.29 is 9.90 Å². The van der Waals surface area contributed by atoms with Crippen molar-refractivity contribution in [2.75, 3.05) is 0 Å². The summed E-state index contributed by atoms with van der Waals surface area (Å²) < 4.78 is 1.64. The van der Waals surface area contributed by atoms with Gasteiger partial charge >= 0.3 is 5.97 Å². The number of hydrogen-bond acceptors (Lipinski definition) is 3. The van der Waals surface area contributed by atoms with E-state index in [-0.39, 0.29) is 5.69 Å². The molecule has 4 nitrogen and oxygen atoms in total. The number of carbonyl (C=O) groups is 1. The number of aromatic carboxylic acids is 1. The molecular weight excluding hydrogens is 248 g/mol. The minimum absolute atomic E-state index is 0.223. The highest BCUT2D eigenvalue weighted by Crippen LogP contribution is 2.28. The van der Waals surface area contributed by atoms with Gasteiger partial charge in [-0.3, -0.25) is 4.40 Å². The second kappa shape index (κ2) is 3.96. The van der Waals surface area contributed by atoms with E-state index < -0.39 is 5.97 Å². The fraction of sp³-hybridized carbons (Fsp3) is 0.0769. The number of carboxylic acids is 1. The summed E-state index contributed by atoms with van der Waals surface area (Å²) in [6.07, 6.45) is 1.81. The second-order valence-corrected chi connectivity index (χ2v) is 5.19. The lowest BCUT2D eigenvalue weighted by atomic mass is 10.1. The lowest BCUT2D eigenvalue weighted by Gasteiger charge is -1.99. The molecule has 1 N–H and O–H groups in total. The number of aromatic nitrogens is 2. The molecule has 0 aliphatic rings. The number of thiazole rings is 1. The Kier molecular flexibility index (Phi) is 2.41. The first kappa shape index (κ1) is 11.0. The highest BCUT2D eigenvalue weighted by molar-refractivity contribution is 7.17. The standard InChI is InChI=1S/C13H10N2O2S/c1-8-7-15-11(12(16)17)10(14-13(15)18-8)9-5-3-2-4-6-9/h2-7H,1H3,(H,16,17). The van der Waals surface area contributed by atoms with Crippen molar-refractivity contribution >= 4 is 22.3 Å². The van der Waals surface area contributed by atoms with Gasteiger partial charge in [0.1, 0.15) is 5.69 Å². The van der Waals surface area contributed by atoms with Crippen LogP contribution in [0.1, 0.15) is 15.4 Å². The molecule has 3 aromatic rings. The molecule has 2 heterocycles. The predicted molar refractivity (Wildman–Crippen MR) is 70.2 cm³/mol. The van der Waals surface area contributed by atoms with Crippen molar-refractivity contribution in [3.63, 3.8) is 0 Å². The van der Waals surface area contributed by atoms with Crippen LogP contribution >= 0.6 is 11.3 Å². The molecule has 0 saturated heterocycles. The second-order valence-electron chi connectivity index (χ2n) is 3.97. The quantitative estimate of drug-likeness (QED) is 0.768. The summed E-state index contributed by atoms with van der Waals surface area (Å²) >= 11 is 1.49. The summed E-state index contributed by atoms with van der Waals surface area (Å²) in [5, 5.41) is 9.37. The predicted octanol–water partition coefficient (Wildman–Crippen LogP) is 3.07. The Bertz CT molecular complexity index is 728. The van der Waals surface area contributed by atoms with Crippen molar-refractivity contribution in [3.05, 3.63) is 47.1 Å². The molecule has 90 valence electrons. The largest absolute Gasteiger partial charge is 0.476 e. The monoisotopic (exact) mass is 258 g/mol. The normalized spacial score (nSPS) is 10.9. The van der Waals surface area contributed by atoms with Crippen LogP contribution < -0.4 is 0 Å². The van der Waals surface area contributed by atoms with Gasteiger partial charge in [0.25, 0.3) is 0 Å². The zero-order valence-corrected chi connectivity index (χ0v) is 10.4. The molecule has 0 spiro atoms. The first-order valence-electron chi connectivity index (χ1n) is 5.44. The highest BCUT2D eigenvalue weighted by atomic mass is 32.1. The van der Waals surface area contributed by atoms with E-state index in [1.54, 1.807) is 4.40 Å². The lowest BCUT2D eigenvalue weighted by molar-refractivity contribution is 0.0690. The fourth-order valence-corrected chi connectivity index (χ4v) is 2.78. The van der Waals surface area contributed by atoms with Crippen LogP contribution in [0.3, 0.4) is 0 Å². The molecule has 0 amide bonds. The number of rotatable bonds is 2. The molecule has 0 aliphatic carbocycles. The molecule has 0 fully saturated rings. The fourth-order valence-electron chi connectivity index (χ4n) is 1.96. The molecule has 0 saturated carbocycles. The van der Waals surface area contributed by atoms with Gasteiger partial charge in [0.15, 0.2) is 10.7 Å². The molecule has 0 unspecified atom stereocenters. The number of imidazole rings is 1. The van der Waals surface area contributed by atoms with Crippen LogP contribution in [0.2, 0.25) is 0 Å². The van der Waals surface area contributed by atoms with Crippen LogP contribution in [0, 0.1) is 6.92 Å². The van der Waals surface area contributed by atoms with E-state index in [1.807, 2.05) is 43.5 Å². The number of aryl methyl sites for hydroxylation is 1. The number of fused-ring (bicyclic) bond motifs is 1. The summed E-state index contributed by atoms with van der Waals surface area (Å²) in [5.74, 6) is -0.959. The van der Waals surface area contributed by atoms with Gasteiger partial charge in [0.05, 0.1) is 0 Å². The summed E-state index contributed by atoms with van der Waals surface area (Å²) in [4.78, 5) is 17.6. The Hall–Kier alpha value is -2.14. The maximum absolute atomic E-state index is 11.4. The first-order valence-corrected chi connectivity index (χ1v) is 6.25. The zero-order valence-electron chi connectivity index (χ0n) is 9.62. The maximum Gasteiger partial charge on any atom is 0.355 e. The molecule has 0 bridgehead atoms. The molecule has 0 radical (unpaired) electrons. The Morgan fingerprint density at radius 3 is 2.72 bits per heavy atom. The van der Waals surface area contributed by atoms with Crippen LogP contribution in [0.15, 0.2) is 36.5 Å². The minimum atomic E-state index is -0.959. The van der Waals surface area contributed by atoms with E-state index in [0.29, 0.717) is 10.7 Å². The third-order valence-corrected chi connectivity index (χ3v) is 3.59. The van der Waals surface area contributed by atoms with Crippen LogP contribution in [0.5, 0.6) is 0 Å². The van der Waals surface area contributed by atoms with Crippen molar-refractivity contribution in [2.45, 2.75) is 6.92 Å². The Labute approximate surface area is 107 Å². The molecular formula is C13H10N2O2S. The van der Waals surface area contributed by atoms with Gasteiger partial charge in [-0.1, -0.05) is 30.3 Å². The third kappa shape index (κ3) is 1.60. The average molecular weight is 258 g/mol. The first-order chi connectivity index (χ1) is 8.66. The summed E-state index contributed by atoms with van der Waals surface area (Å²) in [7, 11) is 0. The third-order valence-electron chi connectivity index (χ3n) is 2.69. The van der Waals surface area contributed by atoms with Crippen molar-refractivity contribution in [2.24, 2.45) is 0 Å². The number of benzene rings is 1. The van der Waals surface area contributed by atoms with Gasteiger partial charge in [0, 0.05) is 16.6 Å². The van der Waals surface area contributed by atoms with E-state index >= 15 is 0 Å². The van der Waals surface area contributed by atoms with E-state index in [0.717, 1.165) is 10.4 Å². The zero-order chi connectivity index (χ0) is 12.7. The van der Waals surface area contributed by atoms with Crippen LogP contribution in [-0.2, 0) is 0 Å². The topological polar surface area (TPSA) is 54.6 Å². The Morgan fingerprint density at radius 1 is 1.33 bits per heavy atom. The summed E-state index contributed by atoms with van der Waals surface area (Å²) in [6, 6.07) is 9.38. The van der Waals surface area contributed by atoms with Crippen LogP contribution in [0.25, 0.3) is 16.2 Å². The van der Waals surface area contributed by atoms with Gasteiger partial charge in [-0.25, -0.2) is 9.78 Å². The van der Waals surface area contributed by atoms with Gasteiger partial charge in [-0.15, -0.1) is 11.3 Å². The molecule has 3 rings (SSSR count). The van der Waals surface area contributed by atoms with Crippen LogP contribution in [-0.4, -0.2) is 20.5 Å². The molecule has 1 aromatic carbocycles. The van der Waals surface area contributed by atoms with Crippen molar-refractivity contribution in [3.8, 4) is 11.3 Å². The molecule has 5 heteroatoms. The number of nitrogens with zero attached hydrogens (tertiary/aromatic N) is 2. The van der Waals surface area contributed by atoms with Crippen molar-refractivity contribution in [1.82, 2.24) is 9.38 Å². The smallest absolute Gasteiger partial charge is 0.355 e. The summed E-state index contributed by atoms with van der Waals surface area (Å²) in [6.45, 7) is 1.94. The summed E-state index contributed by atoms with van der Waals surface area (Å²) in [5.41, 5.74) is 1.57. The number of hydrogen-bond donors (Lipinski definition) is 1. The minimum Gasteiger partial charge on any atom is -0.476 e. The van der Waals surface area contributed by atoms with E-state index in [1.165, 1.54) is 11.3 Å². The molecule has 18 heavy (non-hydrogen) atoms. The number of carboxylic acid groups (broad SMARTS) is 1. The molecule has 0 atom stereocenters. The van der Waals surface area contributed by atoms with Gasteiger partial charge < -0.3 is 5.11 Å². The van der Waals surface area contributed by atoms with E-state index in [2.05, 4.69) is 4.98 Å². The average Bonchev–Trinajstić information content (AvgIpc) is 2.85. The van der Waals surface area contributed by atoms with E-state index in [4.69, 9.17) is 0 Å². The molecule has 0 aliphatic heterocycles. The van der Waals surface area contributed by atoms with Crippen molar-refractivity contribution in [1.29, 1.82) is 0 Å². The van der Waals surface area contributed by atoms with Gasteiger partial charge in [-0.2, -0.15) is 0 Å². The highest BCUT2D eigenvalue weighted by Gasteiger charge is 2.20. The lowest BCUT2D eigenvalue weighted by Crippen LogP contribution is -2.02. The Balaban J connectivity index is 2.32. The SMILES string of the molecule is Cc1cn2c(C(=O)O)c(-c3ccccc3)nc2s1. The van der Waals surface area contributed by atoms with Gasteiger partial charge in [0.2, 0.25) is 0 Å². The molecule has 2 aromatic heterocycles. The Morgan fingerprint density at radius 2 is 2.06 bits per heavy atom. The maximum atomic E-state index is 11.4. The van der Waals surface area contributed by atoms with Crippen LogP contribution in [0.4, 0.5) is 0 Å².